The summed E-state index contributed by atoms with van der Waals surface area (Å²) in [6, 6.07) is 10.7. The highest BCUT2D eigenvalue weighted by atomic mass is 16.5. The molecule has 1 aromatic carbocycles. The average molecular weight is 301 g/mol. The lowest BCUT2D eigenvalue weighted by molar-refractivity contribution is 0.373. The predicted molar refractivity (Wildman–Crippen MR) is 86.0 cm³/mol. The van der Waals surface area contributed by atoms with Crippen LogP contribution in [0.25, 0.3) is 0 Å². The Hall–Kier alpha value is -2.14. The van der Waals surface area contributed by atoms with Gasteiger partial charge in [0.25, 0.3) is 0 Å². The maximum absolute atomic E-state index is 5.21. The highest BCUT2D eigenvalue weighted by Crippen LogP contribution is 2.24. The first-order valence-electron chi connectivity index (χ1n) is 7.37. The minimum absolute atomic E-state index is 0.242. The van der Waals surface area contributed by atoms with Crippen LogP contribution in [-0.2, 0) is 6.54 Å². The van der Waals surface area contributed by atoms with E-state index >= 15 is 0 Å². The van der Waals surface area contributed by atoms with Crippen molar-refractivity contribution >= 4 is 0 Å². The lowest BCUT2D eigenvalue weighted by atomic mass is 9.96. The zero-order valence-electron chi connectivity index (χ0n) is 13.5. The molecule has 0 bridgehead atoms. The summed E-state index contributed by atoms with van der Waals surface area (Å²) in [6.45, 7) is 5.05. The monoisotopic (exact) mass is 301 g/mol. The fraction of sp³-hybridized carbons (Fsp3) is 0.412. The van der Waals surface area contributed by atoms with Crippen molar-refractivity contribution in [1.29, 1.82) is 0 Å². The van der Waals surface area contributed by atoms with E-state index in [2.05, 4.69) is 41.3 Å². The smallest absolute Gasteiger partial charge is 0.316 e. The molecule has 118 valence electrons. The van der Waals surface area contributed by atoms with Gasteiger partial charge in [0.2, 0.25) is 0 Å². The summed E-state index contributed by atoms with van der Waals surface area (Å²) in [5, 5.41) is 3.55. The maximum atomic E-state index is 5.21. The van der Waals surface area contributed by atoms with Gasteiger partial charge < -0.3 is 14.8 Å². The van der Waals surface area contributed by atoms with Crippen LogP contribution in [0.4, 0.5) is 0 Å². The van der Waals surface area contributed by atoms with Crippen molar-refractivity contribution in [2.24, 2.45) is 5.92 Å². The van der Waals surface area contributed by atoms with Gasteiger partial charge in [-0.2, -0.15) is 4.98 Å². The molecule has 2 aromatic rings. The summed E-state index contributed by atoms with van der Waals surface area (Å²) >= 11 is 0. The van der Waals surface area contributed by atoms with E-state index < -0.39 is 0 Å². The molecule has 0 amide bonds. The van der Waals surface area contributed by atoms with Crippen LogP contribution in [0.5, 0.6) is 11.8 Å². The van der Waals surface area contributed by atoms with E-state index in [-0.39, 0.29) is 6.04 Å². The van der Waals surface area contributed by atoms with Crippen LogP contribution in [0.2, 0.25) is 0 Å². The van der Waals surface area contributed by atoms with Crippen molar-refractivity contribution in [3.63, 3.8) is 0 Å². The van der Waals surface area contributed by atoms with Gasteiger partial charge in [-0.1, -0.05) is 26.0 Å². The third kappa shape index (κ3) is 4.18. The fourth-order valence-corrected chi connectivity index (χ4v) is 2.34. The fourth-order valence-electron chi connectivity index (χ4n) is 2.34. The Morgan fingerprint density at radius 2 is 1.77 bits per heavy atom. The molecule has 0 spiro atoms. The van der Waals surface area contributed by atoms with E-state index in [1.54, 1.807) is 20.4 Å². The van der Waals surface area contributed by atoms with E-state index in [1.807, 2.05) is 18.2 Å². The Bertz CT molecular complexity index is 585. The SMILES string of the molecule is COc1ccc([C@H](NCc2ccnc(OC)n2)C(C)C)cc1. The quantitative estimate of drug-likeness (QED) is 0.852. The van der Waals surface area contributed by atoms with E-state index in [4.69, 9.17) is 9.47 Å². The number of ether oxygens (including phenoxy) is 2. The first kappa shape index (κ1) is 16.2. The molecule has 5 nitrogen and oxygen atoms in total. The zero-order valence-corrected chi connectivity index (χ0v) is 13.5. The lowest BCUT2D eigenvalue weighted by Crippen LogP contribution is -2.25. The number of nitrogens with one attached hydrogen (secondary N) is 1. The van der Waals surface area contributed by atoms with Crippen molar-refractivity contribution < 1.29 is 9.47 Å². The minimum Gasteiger partial charge on any atom is -0.497 e. The minimum atomic E-state index is 0.242. The molecule has 0 unspecified atom stereocenters. The van der Waals surface area contributed by atoms with Gasteiger partial charge in [0.15, 0.2) is 0 Å². The molecule has 1 N–H and O–H groups in total. The maximum Gasteiger partial charge on any atom is 0.316 e. The van der Waals surface area contributed by atoms with Crippen molar-refractivity contribution in [3.05, 3.63) is 47.8 Å². The van der Waals surface area contributed by atoms with Gasteiger partial charge >= 0.3 is 6.01 Å². The molecule has 1 atom stereocenters. The van der Waals surface area contributed by atoms with Crippen LogP contribution in [0.15, 0.2) is 36.5 Å². The van der Waals surface area contributed by atoms with Crippen LogP contribution in [0, 0.1) is 5.92 Å². The van der Waals surface area contributed by atoms with Gasteiger partial charge in [0.05, 0.1) is 19.9 Å². The Balaban J connectivity index is 2.07. The first-order valence-corrected chi connectivity index (χ1v) is 7.37. The summed E-state index contributed by atoms with van der Waals surface area (Å²) in [7, 11) is 3.25. The van der Waals surface area contributed by atoms with Crippen molar-refractivity contribution in [2.75, 3.05) is 14.2 Å². The van der Waals surface area contributed by atoms with Gasteiger partial charge in [-0.25, -0.2) is 4.98 Å². The molecule has 2 rings (SSSR count). The molecule has 0 radical (unpaired) electrons. The number of rotatable bonds is 7. The molecule has 22 heavy (non-hydrogen) atoms. The molecule has 0 saturated heterocycles. The number of hydrogen-bond donors (Lipinski definition) is 1. The van der Waals surface area contributed by atoms with Crippen LogP contribution < -0.4 is 14.8 Å². The Morgan fingerprint density at radius 3 is 2.36 bits per heavy atom. The molecule has 0 saturated carbocycles. The van der Waals surface area contributed by atoms with E-state index in [0.29, 0.717) is 18.5 Å². The molecule has 0 aliphatic carbocycles. The van der Waals surface area contributed by atoms with Gasteiger partial charge in [-0.3, -0.25) is 0 Å². The third-order valence-corrected chi connectivity index (χ3v) is 3.52. The van der Waals surface area contributed by atoms with Crippen LogP contribution in [-0.4, -0.2) is 24.2 Å². The number of methoxy groups -OCH3 is 2. The average Bonchev–Trinajstić information content (AvgIpc) is 2.55. The lowest BCUT2D eigenvalue weighted by Gasteiger charge is -2.23. The topological polar surface area (TPSA) is 56.3 Å². The van der Waals surface area contributed by atoms with E-state index in [9.17, 15) is 0 Å². The number of benzene rings is 1. The second-order valence-corrected chi connectivity index (χ2v) is 5.41. The van der Waals surface area contributed by atoms with Gasteiger partial charge in [0, 0.05) is 18.8 Å². The van der Waals surface area contributed by atoms with E-state index in [1.165, 1.54) is 5.56 Å². The second kappa shape index (κ2) is 7.75. The molecule has 0 aliphatic rings. The first-order chi connectivity index (χ1) is 10.6. The van der Waals surface area contributed by atoms with Crippen molar-refractivity contribution in [1.82, 2.24) is 15.3 Å². The molecule has 0 fully saturated rings. The normalized spacial score (nSPS) is 12.2. The molecule has 1 aromatic heterocycles. The van der Waals surface area contributed by atoms with Gasteiger partial charge in [-0.05, 0) is 29.7 Å². The predicted octanol–water partition coefficient (Wildman–Crippen LogP) is 2.98. The van der Waals surface area contributed by atoms with E-state index in [0.717, 1.165) is 11.4 Å². The largest absolute Gasteiger partial charge is 0.497 e. The highest BCUT2D eigenvalue weighted by Gasteiger charge is 2.15. The molecular weight excluding hydrogens is 278 g/mol. The molecule has 5 heteroatoms. The summed E-state index contributed by atoms with van der Waals surface area (Å²) < 4.78 is 10.3. The number of nitrogens with zero attached hydrogens (tertiary/aromatic N) is 2. The number of aromatic nitrogens is 2. The summed E-state index contributed by atoms with van der Waals surface area (Å²) in [4.78, 5) is 8.35. The summed E-state index contributed by atoms with van der Waals surface area (Å²) in [5.41, 5.74) is 2.14. The standard InChI is InChI=1S/C17H23N3O2/c1-12(2)16(13-5-7-15(21-3)8-6-13)19-11-14-9-10-18-17(20-14)22-4/h5-10,12,16,19H,11H2,1-4H3/t16-/m1/s1. The molecular formula is C17H23N3O2. The number of hydrogen-bond acceptors (Lipinski definition) is 5. The van der Waals surface area contributed by atoms with Crippen LogP contribution >= 0.6 is 0 Å². The molecule has 0 aliphatic heterocycles. The van der Waals surface area contributed by atoms with Crippen LogP contribution in [0.1, 0.15) is 31.1 Å². The Kier molecular flexibility index (Phi) is 5.72. The zero-order chi connectivity index (χ0) is 15.9. The summed E-state index contributed by atoms with van der Waals surface area (Å²) in [6.07, 6.45) is 1.71. The summed E-state index contributed by atoms with van der Waals surface area (Å²) in [5.74, 6) is 1.32. The highest BCUT2D eigenvalue weighted by molar-refractivity contribution is 5.29. The Labute approximate surface area is 131 Å². The van der Waals surface area contributed by atoms with Gasteiger partial charge in [0.1, 0.15) is 5.75 Å². The third-order valence-electron chi connectivity index (χ3n) is 3.52. The molecule has 1 heterocycles. The van der Waals surface area contributed by atoms with Crippen LogP contribution in [0.3, 0.4) is 0 Å². The second-order valence-electron chi connectivity index (χ2n) is 5.41. The van der Waals surface area contributed by atoms with Crippen molar-refractivity contribution in [2.45, 2.75) is 26.4 Å². The Morgan fingerprint density at radius 1 is 1.05 bits per heavy atom. The van der Waals surface area contributed by atoms with Gasteiger partial charge in [-0.15, -0.1) is 0 Å². The van der Waals surface area contributed by atoms with Crippen molar-refractivity contribution in [3.8, 4) is 11.8 Å².